The molecule has 21 heavy (non-hydrogen) atoms. The van der Waals surface area contributed by atoms with Crippen LogP contribution in [0.25, 0.3) is 0 Å². The summed E-state index contributed by atoms with van der Waals surface area (Å²) in [6.07, 6.45) is 2.59. The van der Waals surface area contributed by atoms with Crippen LogP contribution in [0.3, 0.4) is 0 Å². The molecule has 1 N–H and O–H groups in total. The molecule has 0 amide bonds. The van der Waals surface area contributed by atoms with E-state index in [2.05, 4.69) is 10.3 Å². The van der Waals surface area contributed by atoms with Crippen LogP contribution in [-0.4, -0.2) is 26.8 Å². The molecule has 2 aromatic rings. The Kier molecular flexibility index (Phi) is 4.69. The molecule has 112 valence electrons. The molecule has 0 spiro atoms. The molecule has 7 heteroatoms. The highest BCUT2D eigenvalue weighted by Crippen LogP contribution is 2.27. The van der Waals surface area contributed by atoms with Crippen molar-refractivity contribution in [1.29, 1.82) is 0 Å². The Labute approximate surface area is 128 Å². The van der Waals surface area contributed by atoms with E-state index in [9.17, 15) is 8.42 Å². The Balaban J connectivity index is 2.14. The van der Waals surface area contributed by atoms with Crippen LogP contribution in [0.2, 0.25) is 5.02 Å². The first-order chi connectivity index (χ1) is 9.91. The van der Waals surface area contributed by atoms with Gasteiger partial charge in [-0.25, -0.2) is 13.4 Å². The fourth-order valence-corrected chi connectivity index (χ4v) is 2.59. The van der Waals surface area contributed by atoms with Crippen molar-refractivity contribution in [2.75, 3.05) is 18.7 Å². The summed E-state index contributed by atoms with van der Waals surface area (Å²) < 4.78 is 27.9. The molecule has 0 saturated heterocycles. The van der Waals surface area contributed by atoms with Gasteiger partial charge in [-0.3, -0.25) is 0 Å². The van der Waals surface area contributed by atoms with Crippen molar-refractivity contribution >= 4 is 27.1 Å². The lowest BCUT2D eigenvalue weighted by atomic mass is 10.2. The van der Waals surface area contributed by atoms with E-state index in [-0.39, 0.29) is 5.03 Å². The number of nitrogens with one attached hydrogen (secondary N) is 1. The van der Waals surface area contributed by atoms with Gasteiger partial charge in [0.15, 0.2) is 14.9 Å². The van der Waals surface area contributed by atoms with Crippen molar-refractivity contribution in [2.45, 2.75) is 11.6 Å². The molecule has 1 aromatic carbocycles. The highest BCUT2D eigenvalue weighted by atomic mass is 35.5. The minimum Gasteiger partial charge on any atom is -0.496 e. The highest BCUT2D eigenvalue weighted by Gasteiger charge is 2.09. The summed E-state index contributed by atoms with van der Waals surface area (Å²) in [7, 11) is -1.70. The van der Waals surface area contributed by atoms with Gasteiger partial charge in [-0.1, -0.05) is 17.7 Å². The van der Waals surface area contributed by atoms with E-state index in [0.29, 0.717) is 23.0 Å². The van der Waals surface area contributed by atoms with Crippen molar-refractivity contribution in [3.63, 3.8) is 0 Å². The van der Waals surface area contributed by atoms with Crippen LogP contribution in [0, 0.1) is 0 Å². The number of hydrogen-bond donors (Lipinski definition) is 1. The highest BCUT2D eigenvalue weighted by molar-refractivity contribution is 7.90. The first kappa shape index (κ1) is 15.6. The molecule has 0 unspecified atom stereocenters. The number of pyridine rings is 1. The molecule has 1 heterocycles. The first-order valence-corrected chi connectivity index (χ1v) is 8.40. The van der Waals surface area contributed by atoms with Crippen LogP contribution < -0.4 is 10.1 Å². The molecule has 0 aliphatic heterocycles. The molecule has 0 aliphatic rings. The maximum atomic E-state index is 11.3. The summed E-state index contributed by atoms with van der Waals surface area (Å²) in [6.45, 7) is 0.447. The minimum absolute atomic E-state index is 0.0448. The summed E-state index contributed by atoms with van der Waals surface area (Å²) in [5, 5.41) is 3.78. The van der Waals surface area contributed by atoms with Gasteiger partial charge in [-0.2, -0.15) is 0 Å². The minimum atomic E-state index is -3.28. The standard InChI is InChI=1S/C14H15ClN2O3S/c1-20-13-5-3-4-12(15)11(13)9-16-10-6-7-14(17-8-10)21(2,18)19/h3-8,16H,9H2,1-2H3. The van der Waals surface area contributed by atoms with Crippen molar-refractivity contribution in [2.24, 2.45) is 0 Å². The quantitative estimate of drug-likeness (QED) is 0.915. The lowest BCUT2D eigenvalue weighted by molar-refractivity contribution is 0.410. The predicted octanol–water partition coefficient (Wildman–Crippen LogP) is 2.76. The predicted molar refractivity (Wildman–Crippen MR) is 82.7 cm³/mol. The van der Waals surface area contributed by atoms with Crippen molar-refractivity contribution in [3.05, 3.63) is 47.1 Å². The van der Waals surface area contributed by atoms with Gasteiger partial charge in [0.05, 0.1) is 19.0 Å². The van der Waals surface area contributed by atoms with Gasteiger partial charge < -0.3 is 10.1 Å². The van der Waals surface area contributed by atoms with Gasteiger partial charge in [0.25, 0.3) is 0 Å². The summed E-state index contributed by atoms with van der Waals surface area (Å²) in [6, 6.07) is 8.54. The third-order valence-electron chi connectivity index (χ3n) is 2.88. The number of halogens is 1. The SMILES string of the molecule is COc1cccc(Cl)c1CNc1ccc(S(C)(=O)=O)nc1. The Morgan fingerprint density at radius 2 is 2.05 bits per heavy atom. The van der Waals surface area contributed by atoms with Crippen LogP contribution in [0.15, 0.2) is 41.6 Å². The molecule has 0 bridgehead atoms. The molecule has 2 rings (SSSR count). The van der Waals surface area contributed by atoms with E-state index in [1.807, 2.05) is 12.1 Å². The van der Waals surface area contributed by atoms with Crippen molar-refractivity contribution in [1.82, 2.24) is 4.98 Å². The Morgan fingerprint density at radius 3 is 2.62 bits per heavy atom. The maximum absolute atomic E-state index is 11.3. The molecular weight excluding hydrogens is 312 g/mol. The molecule has 1 aromatic heterocycles. The number of aromatic nitrogens is 1. The van der Waals surface area contributed by atoms with Gasteiger partial charge >= 0.3 is 0 Å². The van der Waals surface area contributed by atoms with E-state index in [0.717, 1.165) is 11.8 Å². The fraction of sp³-hybridized carbons (Fsp3) is 0.214. The van der Waals surface area contributed by atoms with Gasteiger partial charge in [0.2, 0.25) is 0 Å². The van der Waals surface area contributed by atoms with E-state index < -0.39 is 9.84 Å². The number of anilines is 1. The summed E-state index contributed by atoms with van der Waals surface area (Å²) in [4.78, 5) is 3.91. The van der Waals surface area contributed by atoms with Gasteiger partial charge in [-0.05, 0) is 24.3 Å². The lowest BCUT2D eigenvalue weighted by Gasteiger charge is -2.12. The second-order valence-corrected chi connectivity index (χ2v) is 6.80. The molecule has 0 atom stereocenters. The normalized spacial score (nSPS) is 11.2. The lowest BCUT2D eigenvalue weighted by Crippen LogP contribution is -2.04. The first-order valence-electron chi connectivity index (χ1n) is 6.13. The average molecular weight is 327 g/mol. The van der Waals surface area contributed by atoms with Crippen molar-refractivity contribution < 1.29 is 13.2 Å². The van der Waals surface area contributed by atoms with Crippen LogP contribution in [0.1, 0.15) is 5.56 Å². The number of nitrogens with zero attached hydrogens (tertiary/aromatic N) is 1. The van der Waals surface area contributed by atoms with E-state index in [4.69, 9.17) is 16.3 Å². The third-order valence-corrected chi connectivity index (χ3v) is 4.24. The Bertz CT molecular complexity index is 730. The number of hydrogen-bond acceptors (Lipinski definition) is 5. The molecular formula is C14H15ClN2O3S. The molecule has 0 radical (unpaired) electrons. The molecule has 0 saturated carbocycles. The van der Waals surface area contributed by atoms with Crippen LogP contribution in [-0.2, 0) is 16.4 Å². The summed E-state index contributed by atoms with van der Waals surface area (Å²) in [5.41, 5.74) is 1.53. The van der Waals surface area contributed by atoms with Crippen molar-refractivity contribution in [3.8, 4) is 5.75 Å². The van der Waals surface area contributed by atoms with E-state index in [1.165, 1.54) is 12.3 Å². The third kappa shape index (κ3) is 3.86. The summed E-state index contributed by atoms with van der Waals surface area (Å²) in [5.74, 6) is 0.690. The monoisotopic (exact) mass is 326 g/mol. The number of sulfone groups is 1. The second-order valence-electron chi connectivity index (χ2n) is 4.43. The molecule has 5 nitrogen and oxygen atoms in total. The largest absolute Gasteiger partial charge is 0.496 e. The number of ether oxygens (including phenoxy) is 1. The van der Waals surface area contributed by atoms with Crippen LogP contribution in [0.4, 0.5) is 5.69 Å². The van der Waals surface area contributed by atoms with E-state index in [1.54, 1.807) is 19.2 Å². The molecule has 0 aliphatic carbocycles. The van der Waals surface area contributed by atoms with Crippen LogP contribution >= 0.6 is 11.6 Å². The number of rotatable bonds is 5. The fourth-order valence-electron chi connectivity index (χ4n) is 1.80. The zero-order chi connectivity index (χ0) is 15.5. The zero-order valence-corrected chi connectivity index (χ0v) is 13.2. The topological polar surface area (TPSA) is 68.3 Å². The molecule has 0 fully saturated rings. The Hall–Kier alpha value is -1.79. The number of benzene rings is 1. The van der Waals surface area contributed by atoms with E-state index >= 15 is 0 Å². The van der Waals surface area contributed by atoms with Gasteiger partial charge in [0, 0.05) is 23.4 Å². The summed E-state index contributed by atoms with van der Waals surface area (Å²) >= 11 is 6.14. The zero-order valence-electron chi connectivity index (χ0n) is 11.6. The Morgan fingerprint density at radius 1 is 1.29 bits per heavy atom. The smallest absolute Gasteiger partial charge is 0.192 e. The maximum Gasteiger partial charge on any atom is 0.192 e. The van der Waals surface area contributed by atoms with Gasteiger partial charge in [-0.15, -0.1) is 0 Å². The average Bonchev–Trinajstić information content (AvgIpc) is 2.45. The number of methoxy groups -OCH3 is 1. The van der Waals surface area contributed by atoms with Gasteiger partial charge in [0.1, 0.15) is 5.75 Å². The van der Waals surface area contributed by atoms with Crippen LogP contribution in [0.5, 0.6) is 5.75 Å². The second kappa shape index (κ2) is 6.32.